The normalized spacial score (nSPS) is 22.1. The van der Waals surface area contributed by atoms with Crippen LogP contribution >= 0.6 is 0 Å². The van der Waals surface area contributed by atoms with Crippen molar-refractivity contribution in [2.45, 2.75) is 44.8 Å². The Morgan fingerprint density at radius 3 is 2.89 bits per heavy atom. The summed E-state index contributed by atoms with van der Waals surface area (Å²) < 4.78 is 11.4. The Labute approximate surface area is 116 Å². The van der Waals surface area contributed by atoms with Gasteiger partial charge in [-0.05, 0) is 49.6 Å². The number of hydrogen-bond acceptors (Lipinski definition) is 3. The third kappa shape index (κ3) is 3.28. The van der Waals surface area contributed by atoms with Crippen LogP contribution in [0.4, 0.5) is 0 Å². The van der Waals surface area contributed by atoms with E-state index in [2.05, 4.69) is 24.4 Å². The van der Waals surface area contributed by atoms with E-state index in [0.717, 1.165) is 31.6 Å². The number of hydrogen-bond donors (Lipinski definition) is 1. The summed E-state index contributed by atoms with van der Waals surface area (Å²) in [6, 6.07) is 6.65. The van der Waals surface area contributed by atoms with Crippen molar-refractivity contribution in [3.05, 3.63) is 29.3 Å². The second-order valence-corrected chi connectivity index (χ2v) is 5.13. The average Bonchev–Trinajstić information content (AvgIpc) is 2.46. The van der Waals surface area contributed by atoms with Crippen LogP contribution in [0.2, 0.25) is 0 Å². The van der Waals surface area contributed by atoms with Gasteiger partial charge in [0.05, 0.1) is 19.3 Å². The van der Waals surface area contributed by atoms with E-state index in [-0.39, 0.29) is 12.1 Å². The molecule has 0 amide bonds. The summed E-state index contributed by atoms with van der Waals surface area (Å²) in [4.78, 5) is 0. The molecule has 19 heavy (non-hydrogen) atoms. The average molecular weight is 263 g/mol. The molecule has 106 valence electrons. The zero-order chi connectivity index (χ0) is 13.7. The molecule has 3 heteroatoms. The van der Waals surface area contributed by atoms with Gasteiger partial charge in [0.15, 0.2) is 0 Å². The fourth-order valence-electron chi connectivity index (χ4n) is 2.78. The summed E-state index contributed by atoms with van der Waals surface area (Å²) in [5.41, 5.74) is 2.74. The highest BCUT2D eigenvalue weighted by Crippen LogP contribution is 2.34. The van der Waals surface area contributed by atoms with E-state index in [0.29, 0.717) is 0 Å². The number of ether oxygens (including phenoxy) is 2. The van der Waals surface area contributed by atoms with Crippen molar-refractivity contribution in [1.29, 1.82) is 0 Å². The number of benzene rings is 1. The summed E-state index contributed by atoms with van der Waals surface area (Å²) in [6.45, 7) is 3.05. The van der Waals surface area contributed by atoms with Gasteiger partial charge in [-0.25, -0.2) is 0 Å². The van der Waals surface area contributed by atoms with E-state index in [1.165, 1.54) is 17.5 Å². The Bertz CT molecular complexity index is 406. The first-order chi connectivity index (χ1) is 9.30. The molecule has 1 aliphatic carbocycles. The Morgan fingerprint density at radius 2 is 2.21 bits per heavy atom. The topological polar surface area (TPSA) is 30.5 Å². The molecule has 0 aromatic heterocycles. The molecule has 3 nitrogen and oxygen atoms in total. The van der Waals surface area contributed by atoms with Gasteiger partial charge in [-0.3, -0.25) is 0 Å². The van der Waals surface area contributed by atoms with Gasteiger partial charge in [-0.15, -0.1) is 0 Å². The van der Waals surface area contributed by atoms with E-state index < -0.39 is 0 Å². The van der Waals surface area contributed by atoms with Crippen LogP contribution in [0.15, 0.2) is 18.2 Å². The lowest BCUT2D eigenvalue weighted by Gasteiger charge is -2.33. The maximum Gasteiger partial charge on any atom is 0.119 e. The van der Waals surface area contributed by atoms with Crippen LogP contribution in [-0.4, -0.2) is 26.9 Å². The van der Waals surface area contributed by atoms with Gasteiger partial charge >= 0.3 is 0 Å². The number of rotatable bonds is 6. The molecule has 2 unspecified atom stereocenters. The fraction of sp³-hybridized carbons (Fsp3) is 0.625. The lowest BCUT2D eigenvalue weighted by molar-refractivity contribution is 0.0160. The van der Waals surface area contributed by atoms with Crippen molar-refractivity contribution in [1.82, 2.24) is 5.32 Å². The van der Waals surface area contributed by atoms with Gasteiger partial charge in [0.25, 0.3) is 0 Å². The second-order valence-electron chi connectivity index (χ2n) is 5.13. The van der Waals surface area contributed by atoms with E-state index in [1.54, 1.807) is 7.11 Å². The zero-order valence-corrected chi connectivity index (χ0v) is 12.2. The first-order valence-electron chi connectivity index (χ1n) is 7.25. The number of nitrogens with one attached hydrogen (secondary N) is 1. The molecule has 0 bridgehead atoms. The van der Waals surface area contributed by atoms with Crippen LogP contribution in [-0.2, 0) is 11.2 Å². The van der Waals surface area contributed by atoms with Gasteiger partial charge in [0, 0.05) is 6.61 Å². The molecule has 1 aliphatic rings. The minimum Gasteiger partial charge on any atom is -0.497 e. The molecular formula is C16H25NO2. The third-order valence-corrected chi connectivity index (χ3v) is 3.90. The summed E-state index contributed by atoms with van der Waals surface area (Å²) in [7, 11) is 3.73. The molecule has 2 rings (SSSR count). The van der Waals surface area contributed by atoms with E-state index in [4.69, 9.17) is 9.47 Å². The van der Waals surface area contributed by atoms with Crippen LogP contribution < -0.4 is 10.1 Å². The van der Waals surface area contributed by atoms with E-state index in [1.807, 2.05) is 13.1 Å². The Balaban J connectivity index is 2.14. The minimum atomic E-state index is 0.274. The van der Waals surface area contributed by atoms with Gasteiger partial charge < -0.3 is 14.8 Å². The van der Waals surface area contributed by atoms with Crippen molar-refractivity contribution in [2.24, 2.45) is 0 Å². The number of unbranched alkanes of at least 4 members (excludes halogenated alkanes) is 1. The van der Waals surface area contributed by atoms with Crippen molar-refractivity contribution >= 4 is 0 Å². The summed E-state index contributed by atoms with van der Waals surface area (Å²) in [6.07, 6.45) is 4.78. The van der Waals surface area contributed by atoms with Gasteiger partial charge in [0.1, 0.15) is 5.75 Å². The number of fused-ring (bicyclic) bond motifs is 1. The highest BCUT2D eigenvalue weighted by molar-refractivity contribution is 5.40. The first-order valence-corrected chi connectivity index (χ1v) is 7.25. The predicted octanol–water partition coefficient (Wildman–Crippen LogP) is 3.09. The minimum absolute atomic E-state index is 0.274. The third-order valence-electron chi connectivity index (χ3n) is 3.90. The molecule has 0 radical (unpaired) electrons. The summed E-state index contributed by atoms with van der Waals surface area (Å²) in [5.74, 6) is 0.924. The van der Waals surface area contributed by atoms with Crippen molar-refractivity contribution in [2.75, 3.05) is 20.8 Å². The lowest BCUT2D eigenvalue weighted by Crippen LogP contribution is -2.36. The molecular weight excluding hydrogens is 238 g/mol. The number of methoxy groups -OCH3 is 1. The van der Waals surface area contributed by atoms with Crippen LogP contribution in [0.1, 0.15) is 43.4 Å². The molecule has 0 saturated carbocycles. The van der Waals surface area contributed by atoms with Crippen molar-refractivity contribution in [3.8, 4) is 5.75 Å². The smallest absolute Gasteiger partial charge is 0.119 e. The Morgan fingerprint density at radius 1 is 1.37 bits per heavy atom. The highest BCUT2D eigenvalue weighted by atomic mass is 16.5. The van der Waals surface area contributed by atoms with Crippen LogP contribution in [0.5, 0.6) is 5.75 Å². The molecule has 0 aliphatic heterocycles. The van der Waals surface area contributed by atoms with Crippen molar-refractivity contribution in [3.63, 3.8) is 0 Å². The second kappa shape index (κ2) is 6.92. The van der Waals surface area contributed by atoms with Gasteiger partial charge in [-0.2, -0.15) is 0 Å². The Hall–Kier alpha value is -1.06. The molecule has 0 fully saturated rings. The predicted molar refractivity (Wildman–Crippen MR) is 77.8 cm³/mol. The van der Waals surface area contributed by atoms with E-state index >= 15 is 0 Å². The van der Waals surface area contributed by atoms with Crippen LogP contribution in [0.25, 0.3) is 0 Å². The lowest BCUT2D eigenvalue weighted by atomic mass is 9.85. The molecule has 0 saturated heterocycles. The highest BCUT2D eigenvalue weighted by Gasteiger charge is 2.29. The standard InChI is InChI=1S/C16H25NO2/c1-4-5-10-19-15-9-7-12-6-8-13(18-3)11-14(12)16(15)17-2/h6,8,11,15-17H,4-5,7,9-10H2,1-3H3. The summed E-state index contributed by atoms with van der Waals surface area (Å²) >= 11 is 0. The van der Waals surface area contributed by atoms with Crippen LogP contribution in [0.3, 0.4) is 0 Å². The fourth-order valence-corrected chi connectivity index (χ4v) is 2.78. The van der Waals surface area contributed by atoms with Gasteiger partial charge in [-0.1, -0.05) is 19.4 Å². The number of likely N-dealkylation sites (N-methyl/N-ethyl adjacent to an activating group) is 1. The van der Waals surface area contributed by atoms with Gasteiger partial charge in [0.2, 0.25) is 0 Å². The molecule has 1 aromatic rings. The molecule has 2 atom stereocenters. The molecule has 0 spiro atoms. The largest absolute Gasteiger partial charge is 0.497 e. The van der Waals surface area contributed by atoms with E-state index in [9.17, 15) is 0 Å². The summed E-state index contributed by atoms with van der Waals surface area (Å²) in [5, 5.41) is 3.41. The van der Waals surface area contributed by atoms with Crippen molar-refractivity contribution < 1.29 is 9.47 Å². The molecule has 1 N–H and O–H groups in total. The monoisotopic (exact) mass is 263 g/mol. The Kier molecular flexibility index (Phi) is 5.23. The molecule has 1 aromatic carbocycles. The molecule has 0 heterocycles. The maximum absolute atomic E-state index is 6.05. The quantitative estimate of drug-likeness (QED) is 0.800. The zero-order valence-electron chi connectivity index (χ0n) is 12.2. The van der Waals surface area contributed by atoms with Crippen LogP contribution in [0, 0.1) is 0 Å². The first kappa shape index (κ1) is 14.4. The SMILES string of the molecule is CCCCOC1CCc2ccc(OC)cc2C1NC. The maximum atomic E-state index is 6.05. The number of aryl methyl sites for hydroxylation is 1.